The molecule has 6 nitrogen and oxygen atoms in total. The third kappa shape index (κ3) is 3.75. The summed E-state index contributed by atoms with van der Waals surface area (Å²) in [6, 6.07) is 10.6. The van der Waals surface area contributed by atoms with E-state index in [0.29, 0.717) is 6.04 Å². The van der Waals surface area contributed by atoms with Crippen molar-refractivity contribution in [3.05, 3.63) is 65.9 Å². The number of nitrogens with zero attached hydrogens (tertiary/aromatic N) is 5. The van der Waals surface area contributed by atoms with Gasteiger partial charge < -0.3 is 5.32 Å². The summed E-state index contributed by atoms with van der Waals surface area (Å²) in [6.07, 6.45) is 8.30. The van der Waals surface area contributed by atoms with Gasteiger partial charge in [0.05, 0.1) is 29.8 Å². The molecule has 3 aromatic heterocycles. The topological polar surface area (TPSA) is 58.9 Å². The molecule has 0 spiro atoms. The summed E-state index contributed by atoms with van der Waals surface area (Å²) in [4.78, 5) is 11.7. The number of anilines is 2. The van der Waals surface area contributed by atoms with Crippen LogP contribution in [0.25, 0.3) is 0 Å². The van der Waals surface area contributed by atoms with E-state index in [-0.39, 0.29) is 0 Å². The molecule has 0 aliphatic carbocycles. The lowest BCUT2D eigenvalue weighted by Gasteiger charge is -2.23. The molecule has 0 bridgehead atoms. The molecule has 26 heavy (non-hydrogen) atoms. The predicted molar refractivity (Wildman–Crippen MR) is 102 cm³/mol. The van der Waals surface area contributed by atoms with Crippen molar-refractivity contribution in [1.29, 1.82) is 0 Å². The molecule has 6 heteroatoms. The van der Waals surface area contributed by atoms with Crippen LogP contribution >= 0.6 is 0 Å². The van der Waals surface area contributed by atoms with Crippen LogP contribution in [0.15, 0.2) is 48.9 Å². The number of likely N-dealkylation sites (tertiary alicyclic amines) is 1. The summed E-state index contributed by atoms with van der Waals surface area (Å²) in [5, 5.41) is 7.59. The fraction of sp³-hybridized carbons (Fsp3) is 0.350. The van der Waals surface area contributed by atoms with Crippen LogP contribution in [0.5, 0.6) is 0 Å². The minimum absolute atomic E-state index is 0.376. The Morgan fingerprint density at radius 3 is 2.85 bits per heavy atom. The number of aromatic nitrogens is 4. The molecule has 1 atom stereocenters. The lowest BCUT2D eigenvalue weighted by atomic mass is 10.1. The molecule has 4 heterocycles. The first-order valence-electron chi connectivity index (χ1n) is 9.05. The molecular weight excluding hydrogens is 324 g/mol. The van der Waals surface area contributed by atoms with Crippen molar-refractivity contribution in [1.82, 2.24) is 24.6 Å². The zero-order valence-corrected chi connectivity index (χ0v) is 15.3. The molecule has 0 radical (unpaired) electrons. The molecule has 4 rings (SSSR count). The van der Waals surface area contributed by atoms with Crippen LogP contribution in [-0.4, -0.2) is 31.2 Å². The Balaban J connectivity index is 1.45. The lowest BCUT2D eigenvalue weighted by molar-refractivity contribution is 0.244. The molecule has 1 fully saturated rings. The maximum absolute atomic E-state index is 4.72. The molecule has 1 aliphatic rings. The Morgan fingerprint density at radius 1 is 1.19 bits per heavy atom. The van der Waals surface area contributed by atoms with Crippen LogP contribution in [0, 0.1) is 6.92 Å². The summed E-state index contributed by atoms with van der Waals surface area (Å²) < 4.78 is 1.86. The molecule has 1 N–H and O–H groups in total. The number of hydrogen-bond acceptors (Lipinski definition) is 5. The van der Waals surface area contributed by atoms with Gasteiger partial charge in [-0.3, -0.25) is 14.6 Å². The number of rotatable bonds is 5. The van der Waals surface area contributed by atoms with E-state index < -0.39 is 0 Å². The second kappa shape index (κ2) is 7.25. The van der Waals surface area contributed by atoms with Crippen LogP contribution in [0.2, 0.25) is 0 Å². The Labute approximate surface area is 153 Å². The predicted octanol–water partition coefficient (Wildman–Crippen LogP) is 3.60. The van der Waals surface area contributed by atoms with Crippen LogP contribution in [0.3, 0.4) is 0 Å². The number of pyridine rings is 2. The minimum atomic E-state index is 0.376. The van der Waals surface area contributed by atoms with Crippen molar-refractivity contribution in [2.75, 3.05) is 11.9 Å². The summed E-state index contributed by atoms with van der Waals surface area (Å²) in [5.74, 6) is 0.846. The van der Waals surface area contributed by atoms with E-state index in [4.69, 9.17) is 4.98 Å². The third-order valence-corrected chi connectivity index (χ3v) is 4.80. The molecule has 1 aliphatic heterocycles. The van der Waals surface area contributed by atoms with Crippen molar-refractivity contribution in [3.8, 4) is 0 Å². The van der Waals surface area contributed by atoms with Crippen molar-refractivity contribution < 1.29 is 0 Å². The van der Waals surface area contributed by atoms with Gasteiger partial charge in [0.25, 0.3) is 0 Å². The second-order valence-corrected chi connectivity index (χ2v) is 6.91. The molecule has 0 saturated carbocycles. The maximum Gasteiger partial charge on any atom is 0.130 e. The first-order valence-corrected chi connectivity index (χ1v) is 9.05. The molecule has 0 amide bonds. The zero-order valence-electron chi connectivity index (χ0n) is 15.3. The van der Waals surface area contributed by atoms with E-state index in [9.17, 15) is 0 Å². The van der Waals surface area contributed by atoms with E-state index in [1.165, 1.54) is 12.0 Å². The monoisotopic (exact) mass is 348 g/mol. The van der Waals surface area contributed by atoms with Gasteiger partial charge in [-0.25, -0.2) is 4.98 Å². The first-order chi connectivity index (χ1) is 12.7. The zero-order chi connectivity index (χ0) is 17.9. The molecule has 134 valence electrons. The minimum Gasteiger partial charge on any atom is -0.339 e. The van der Waals surface area contributed by atoms with E-state index in [1.54, 1.807) is 0 Å². The van der Waals surface area contributed by atoms with Crippen molar-refractivity contribution >= 4 is 11.5 Å². The summed E-state index contributed by atoms with van der Waals surface area (Å²) in [5.41, 5.74) is 4.34. The second-order valence-electron chi connectivity index (χ2n) is 6.91. The fourth-order valence-electron chi connectivity index (χ4n) is 3.58. The molecule has 1 saturated heterocycles. The van der Waals surface area contributed by atoms with Gasteiger partial charge in [-0.15, -0.1) is 0 Å². The highest BCUT2D eigenvalue weighted by molar-refractivity contribution is 5.55. The number of nitrogens with one attached hydrogen (secondary N) is 1. The Hall–Kier alpha value is -2.73. The Kier molecular flexibility index (Phi) is 4.67. The molecular formula is C20H24N6. The van der Waals surface area contributed by atoms with Gasteiger partial charge in [0.1, 0.15) is 5.82 Å². The average molecular weight is 348 g/mol. The highest BCUT2D eigenvalue weighted by atomic mass is 15.2. The number of hydrogen-bond donors (Lipinski definition) is 1. The summed E-state index contributed by atoms with van der Waals surface area (Å²) >= 11 is 0. The normalized spacial score (nSPS) is 17.5. The standard InChI is InChI=1S/C20H24N6/c1-15-5-3-7-20(23-15)24-17-8-9-18(21-12-17)19-6-4-10-26(19)14-16-11-22-25(2)13-16/h3,5,7-9,11-13,19H,4,6,10,14H2,1-2H3,(H,23,24)/t19-/m1/s1. The van der Waals surface area contributed by atoms with Crippen LogP contribution < -0.4 is 5.32 Å². The van der Waals surface area contributed by atoms with Crippen LogP contribution in [-0.2, 0) is 13.6 Å². The average Bonchev–Trinajstić information content (AvgIpc) is 3.25. The van der Waals surface area contributed by atoms with Crippen LogP contribution in [0.4, 0.5) is 11.5 Å². The van der Waals surface area contributed by atoms with E-state index in [2.05, 4.69) is 38.6 Å². The van der Waals surface area contributed by atoms with Gasteiger partial charge in [-0.1, -0.05) is 6.07 Å². The largest absolute Gasteiger partial charge is 0.339 e. The SMILES string of the molecule is Cc1cccc(Nc2ccc([C@H]3CCCN3Cc3cnn(C)c3)nc2)n1. The first kappa shape index (κ1) is 16.7. The summed E-state index contributed by atoms with van der Waals surface area (Å²) in [7, 11) is 1.96. The fourth-order valence-corrected chi connectivity index (χ4v) is 3.58. The maximum atomic E-state index is 4.72. The Morgan fingerprint density at radius 2 is 2.12 bits per heavy atom. The summed E-state index contributed by atoms with van der Waals surface area (Å²) in [6.45, 7) is 4.02. The smallest absolute Gasteiger partial charge is 0.130 e. The van der Waals surface area contributed by atoms with E-state index in [1.807, 2.05) is 49.2 Å². The highest BCUT2D eigenvalue weighted by Gasteiger charge is 2.27. The van der Waals surface area contributed by atoms with Crippen molar-refractivity contribution in [3.63, 3.8) is 0 Å². The van der Waals surface area contributed by atoms with Crippen LogP contribution in [0.1, 0.15) is 35.8 Å². The third-order valence-electron chi connectivity index (χ3n) is 4.80. The van der Waals surface area contributed by atoms with Gasteiger partial charge in [0.15, 0.2) is 0 Å². The van der Waals surface area contributed by atoms with Crippen molar-refractivity contribution in [2.45, 2.75) is 32.4 Å². The Bertz CT molecular complexity index is 870. The number of aryl methyl sites for hydroxylation is 2. The van der Waals surface area contributed by atoms with Gasteiger partial charge in [0, 0.05) is 31.0 Å². The van der Waals surface area contributed by atoms with Gasteiger partial charge in [0.2, 0.25) is 0 Å². The van der Waals surface area contributed by atoms with Gasteiger partial charge >= 0.3 is 0 Å². The van der Waals surface area contributed by atoms with E-state index in [0.717, 1.165) is 42.4 Å². The molecule has 3 aromatic rings. The van der Waals surface area contributed by atoms with Gasteiger partial charge in [-0.2, -0.15) is 5.10 Å². The highest BCUT2D eigenvalue weighted by Crippen LogP contribution is 2.32. The van der Waals surface area contributed by atoms with Crippen molar-refractivity contribution in [2.24, 2.45) is 7.05 Å². The quantitative estimate of drug-likeness (QED) is 0.763. The lowest BCUT2D eigenvalue weighted by Crippen LogP contribution is -2.23. The molecule has 0 aromatic carbocycles. The van der Waals surface area contributed by atoms with E-state index >= 15 is 0 Å². The molecule has 0 unspecified atom stereocenters. The van der Waals surface area contributed by atoms with Gasteiger partial charge in [-0.05, 0) is 50.6 Å².